The van der Waals surface area contributed by atoms with Gasteiger partial charge in [0.05, 0.1) is 11.3 Å². The Hall–Kier alpha value is -1.64. The molecule has 0 saturated carbocycles. The Bertz CT molecular complexity index is 646. The fraction of sp³-hybridized carbons (Fsp3) is 0.562. The van der Waals surface area contributed by atoms with Crippen molar-refractivity contribution in [2.45, 2.75) is 44.6 Å². The van der Waals surface area contributed by atoms with Crippen LogP contribution in [-0.2, 0) is 14.8 Å². The summed E-state index contributed by atoms with van der Waals surface area (Å²) in [4.78, 5) is 11.1. The average Bonchev–Trinajstić information content (AvgIpc) is 2.54. The van der Waals surface area contributed by atoms with Crippen LogP contribution in [0.3, 0.4) is 0 Å². The van der Waals surface area contributed by atoms with Crippen LogP contribution in [0.1, 0.15) is 44.0 Å². The van der Waals surface area contributed by atoms with Gasteiger partial charge in [-0.3, -0.25) is 0 Å². The van der Waals surface area contributed by atoms with Gasteiger partial charge in [-0.05, 0) is 44.9 Å². The summed E-state index contributed by atoms with van der Waals surface area (Å²) in [5, 5.41) is 12.2. The summed E-state index contributed by atoms with van der Waals surface area (Å²) in [6.07, 6.45) is 1.35. The first-order valence-corrected chi connectivity index (χ1v) is 9.51. The lowest BCUT2D eigenvalue weighted by molar-refractivity contribution is 0.0696. The second kappa shape index (κ2) is 9.61. The minimum Gasteiger partial charge on any atom is -0.478 e. The SMILES string of the molecule is CCOCCCNc1ccc(C(=O)O)cc1S(=O)(=O)N[C@H](C)CC. The molecular weight excluding hydrogens is 332 g/mol. The lowest BCUT2D eigenvalue weighted by atomic mass is 10.2. The van der Waals surface area contributed by atoms with Gasteiger partial charge < -0.3 is 15.2 Å². The van der Waals surface area contributed by atoms with E-state index in [1.54, 1.807) is 6.92 Å². The van der Waals surface area contributed by atoms with E-state index in [1.165, 1.54) is 18.2 Å². The van der Waals surface area contributed by atoms with Crippen LogP contribution in [0.5, 0.6) is 0 Å². The van der Waals surface area contributed by atoms with Gasteiger partial charge in [0, 0.05) is 25.8 Å². The molecule has 136 valence electrons. The molecule has 0 bridgehead atoms. The predicted octanol–water partition coefficient (Wildman–Crippen LogP) is 2.30. The zero-order chi connectivity index (χ0) is 18.2. The Morgan fingerprint density at radius 1 is 1.33 bits per heavy atom. The summed E-state index contributed by atoms with van der Waals surface area (Å²) in [6.45, 7) is 7.26. The molecule has 0 aliphatic carbocycles. The van der Waals surface area contributed by atoms with Crippen molar-refractivity contribution >= 4 is 21.7 Å². The highest BCUT2D eigenvalue weighted by molar-refractivity contribution is 7.89. The summed E-state index contributed by atoms with van der Waals surface area (Å²) >= 11 is 0. The number of hydrogen-bond acceptors (Lipinski definition) is 5. The van der Waals surface area contributed by atoms with E-state index in [-0.39, 0.29) is 16.5 Å². The number of benzene rings is 1. The van der Waals surface area contributed by atoms with Crippen LogP contribution in [0, 0.1) is 0 Å². The fourth-order valence-corrected chi connectivity index (χ4v) is 3.51. The van der Waals surface area contributed by atoms with Crippen molar-refractivity contribution in [3.63, 3.8) is 0 Å². The molecule has 0 fully saturated rings. The third-order valence-electron chi connectivity index (χ3n) is 3.47. The van der Waals surface area contributed by atoms with E-state index in [4.69, 9.17) is 9.84 Å². The summed E-state index contributed by atoms with van der Waals surface area (Å²) in [5.74, 6) is -1.17. The fourth-order valence-electron chi connectivity index (χ4n) is 1.98. The van der Waals surface area contributed by atoms with Gasteiger partial charge in [0.1, 0.15) is 4.90 Å². The molecule has 0 aliphatic rings. The van der Waals surface area contributed by atoms with Crippen LogP contribution in [-0.4, -0.2) is 45.3 Å². The lowest BCUT2D eigenvalue weighted by Crippen LogP contribution is -2.32. The monoisotopic (exact) mass is 358 g/mol. The quantitative estimate of drug-likeness (QED) is 0.524. The van der Waals surface area contributed by atoms with E-state index in [1.807, 2.05) is 13.8 Å². The number of carboxylic acids is 1. The normalized spacial score (nSPS) is 12.8. The Labute approximate surface area is 143 Å². The molecule has 7 nitrogen and oxygen atoms in total. The largest absolute Gasteiger partial charge is 0.478 e. The first-order chi connectivity index (χ1) is 11.3. The molecule has 1 aromatic carbocycles. The van der Waals surface area contributed by atoms with Gasteiger partial charge in [0.15, 0.2) is 0 Å². The molecule has 0 saturated heterocycles. The third-order valence-corrected chi connectivity index (χ3v) is 5.10. The molecule has 0 amide bonds. The van der Waals surface area contributed by atoms with E-state index in [2.05, 4.69) is 10.0 Å². The topological polar surface area (TPSA) is 105 Å². The van der Waals surface area contributed by atoms with E-state index in [0.29, 0.717) is 38.3 Å². The smallest absolute Gasteiger partial charge is 0.335 e. The van der Waals surface area contributed by atoms with Crippen molar-refractivity contribution in [1.29, 1.82) is 0 Å². The summed E-state index contributed by atoms with van der Waals surface area (Å²) < 4.78 is 32.9. The van der Waals surface area contributed by atoms with Crippen molar-refractivity contribution in [2.24, 2.45) is 0 Å². The zero-order valence-corrected chi connectivity index (χ0v) is 15.1. The molecule has 0 aromatic heterocycles. The number of hydrogen-bond donors (Lipinski definition) is 3. The van der Waals surface area contributed by atoms with Crippen LogP contribution in [0.4, 0.5) is 5.69 Å². The van der Waals surface area contributed by atoms with Crippen LogP contribution in [0.25, 0.3) is 0 Å². The lowest BCUT2D eigenvalue weighted by Gasteiger charge is -2.16. The standard InChI is InChI=1S/C16H26N2O5S/c1-4-12(3)18-24(21,22)15-11-13(16(19)20)7-8-14(15)17-9-6-10-23-5-2/h7-8,11-12,17-18H,4-6,9-10H2,1-3H3,(H,19,20)/t12-/m1/s1. The molecule has 0 radical (unpaired) electrons. The Balaban J connectivity index is 3.03. The number of sulfonamides is 1. The minimum atomic E-state index is -3.81. The van der Waals surface area contributed by atoms with Crippen LogP contribution in [0.2, 0.25) is 0 Å². The van der Waals surface area contributed by atoms with Crippen molar-refractivity contribution in [2.75, 3.05) is 25.1 Å². The van der Waals surface area contributed by atoms with Gasteiger partial charge in [-0.2, -0.15) is 0 Å². The number of nitrogens with one attached hydrogen (secondary N) is 2. The summed E-state index contributed by atoms with van der Waals surface area (Å²) in [6, 6.07) is 3.80. The van der Waals surface area contributed by atoms with Gasteiger partial charge in [-0.1, -0.05) is 6.92 Å². The summed E-state index contributed by atoms with van der Waals surface area (Å²) in [5.41, 5.74) is 0.312. The van der Waals surface area contributed by atoms with Crippen LogP contribution in [0.15, 0.2) is 23.1 Å². The first kappa shape index (κ1) is 20.4. The van der Waals surface area contributed by atoms with Crippen LogP contribution < -0.4 is 10.0 Å². The Morgan fingerprint density at radius 3 is 2.62 bits per heavy atom. The molecule has 0 aliphatic heterocycles. The molecule has 8 heteroatoms. The minimum absolute atomic E-state index is 0.0564. The predicted molar refractivity (Wildman–Crippen MR) is 93.1 cm³/mol. The van der Waals surface area contributed by atoms with Gasteiger partial charge in [-0.25, -0.2) is 17.9 Å². The maximum atomic E-state index is 12.6. The maximum Gasteiger partial charge on any atom is 0.335 e. The third kappa shape index (κ3) is 6.10. The molecule has 0 heterocycles. The highest BCUT2D eigenvalue weighted by atomic mass is 32.2. The highest BCUT2D eigenvalue weighted by Gasteiger charge is 2.22. The maximum absolute atomic E-state index is 12.6. The number of ether oxygens (including phenoxy) is 1. The van der Waals surface area contributed by atoms with Crippen molar-refractivity contribution in [3.05, 3.63) is 23.8 Å². The molecule has 1 atom stereocenters. The van der Waals surface area contributed by atoms with Crippen molar-refractivity contribution in [3.8, 4) is 0 Å². The van der Waals surface area contributed by atoms with Crippen molar-refractivity contribution in [1.82, 2.24) is 4.72 Å². The number of aromatic carboxylic acids is 1. The molecule has 3 N–H and O–H groups in total. The Morgan fingerprint density at radius 2 is 2.04 bits per heavy atom. The second-order valence-electron chi connectivity index (χ2n) is 5.42. The van der Waals surface area contributed by atoms with Crippen LogP contribution >= 0.6 is 0 Å². The van der Waals surface area contributed by atoms with E-state index < -0.39 is 16.0 Å². The van der Waals surface area contributed by atoms with Crippen molar-refractivity contribution < 1.29 is 23.1 Å². The first-order valence-electron chi connectivity index (χ1n) is 8.03. The van der Waals surface area contributed by atoms with E-state index in [9.17, 15) is 13.2 Å². The van der Waals surface area contributed by atoms with Gasteiger partial charge >= 0.3 is 5.97 Å². The highest BCUT2D eigenvalue weighted by Crippen LogP contribution is 2.23. The number of rotatable bonds is 11. The molecule has 1 rings (SSSR count). The van der Waals surface area contributed by atoms with E-state index >= 15 is 0 Å². The zero-order valence-electron chi connectivity index (χ0n) is 14.3. The molecule has 0 unspecified atom stereocenters. The summed E-state index contributed by atoms with van der Waals surface area (Å²) in [7, 11) is -3.81. The molecule has 1 aromatic rings. The van der Waals surface area contributed by atoms with Gasteiger partial charge in [0.25, 0.3) is 0 Å². The Kier molecular flexibility index (Phi) is 8.17. The number of carbonyl (C=O) groups is 1. The number of anilines is 1. The number of carboxylic acid groups (broad SMARTS) is 1. The second-order valence-corrected chi connectivity index (χ2v) is 7.11. The van der Waals surface area contributed by atoms with Gasteiger partial charge in [-0.15, -0.1) is 0 Å². The van der Waals surface area contributed by atoms with E-state index in [0.717, 1.165) is 0 Å². The average molecular weight is 358 g/mol. The molecule has 0 spiro atoms. The van der Waals surface area contributed by atoms with Gasteiger partial charge in [0.2, 0.25) is 10.0 Å². The molecule has 24 heavy (non-hydrogen) atoms. The molecular formula is C16H26N2O5S.